The maximum atomic E-state index is 12.1. The first-order valence-electron chi connectivity index (χ1n) is 7.88. The summed E-state index contributed by atoms with van der Waals surface area (Å²) in [5.74, 6) is -1.73. The van der Waals surface area contributed by atoms with E-state index in [9.17, 15) is 14.4 Å². The van der Waals surface area contributed by atoms with Crippen LogP contribution in [0.25, 0.3) is 0 Å². The Morgan fingerprint density at radius 2 is 1.78 bits per heavy atom. The molecule has 1 aromatic carbocycles. The van der Waals surface area contributed by atoms with E-state index in [1.807, 2.05) is 32.9 Å². The monoisotopic (exact) mass is 319 g/mol. The van der Waals surface area contributed by atoms with Gasteiger partial charge in [-0.25, -0.2) is 4.79 Å². The highest BCUT2D eigenvalue weighted by molar-refractivity contribution is 5.98. The molecule has 0 spiro atoms. The molecule has 1 amide bonds. The normalized spacial score (nSPS) is 13.2. The van der Waals surface area contributed by atoms with Gasteiger partial charge in [-0.05, 0) is 37.0 Å². The van der Waals surface area contributed by atoms with E-state index in [0.29, 0.717) is 12.0 Å². The molecule has 0 bridgehead atoms. The molecule has 0 aliphatic rings. The van der Waals surface area contributed by atoms with Gasteiger partial charge in [-0.15, -0.1) is 0 Å². The highest BCUT2D eigenvalue weighted by atomic mass is 16.4. The lowest BCUT2D eigenvalue weighted by atomic mass is 9.98. The van der Waals surface area contributed by atoms with Gasteiger partial charge in [-0.1, -0.05) is 32.4 Å². The largest absolute Gasteiger partial charge is 0.480 e. The minimum Gasteiger partial charge on any atom is -0.480 e. The van der Waals surface area contributed by atoms with Crippen LogP contribution in [0.15, 0.2) is 18.2 Å². The molecule has 1 rings (SSSR count). The van der Waals surface area contributed by atoms with Gasteiger partial charge in [-0.3, -0.25) is 9.59 Å². The molecule has 2 N–H and O–H groups in total. The molecular weight excluding hydrogens is 294 g/mol. The summed E-state index contributed by atoms with van der Waals surface area (Å²) >= 11 is 0. The smallest absolute Gasteiger partial charge is 0.326 e. The zero-order valence-electron chi connectivity index (χ0n) is 14.2. The first kappa shape index (κ1) is 18.9. The number of rotatable bonds is 8. The molecule has 0 aliphatic heterocycles. The van der Waals surface area contributed by atoms with Crippen LogP contribution in [0.2, 0.25) is 0 Å². The van der Waals surface area contributed by atoms with Crippen molar-refractivity contribution in [1.29, 1.82) is 0 Å². The molecule has 23 heavy (non-hydrogen) atoms. The number of aliphatic carboxylic acids is 1. The molecule has 2 atom stereocenters. The van der Waals surface area contributed by atoms with E-state index in [-0.39, 0.29) is 24.5 Å². The quantitative estimate of drug-likeness (QED) is 0.722. The number of carboxylic acid groups (broad SMARTS) is 1. The van der Waals surface area contributed by atoms with Gasteiger partial charge < -0.3 is 10.4 Å². The van der Waals surface area contributed by atoms with Gasteiger partial charge in [0.05, 0.1) is 0 Å². The van der Waals surface area contributed by atoms with Crippen molar-refractivity contribution < 1.29 is 19.5 Å². The Kier molecular flexibility index (Phi) is 6.94. The second kappa shape index (κ2) is 8.46. The molecule has 0 saturated carbocycles. The Balaban J connectivity index is 2.59. The fraction of sp³-hybridized carbons (Fsp3) is 0.500. The summed E-state index contributed by atoms with van der Waals surface area (Å²) < 4.78 is 0. The van der Waals surface area contributed by atoms with Crippen LogP contribution < -0.4 is 5.32 Å². The molecule has 1 aromatic rings. The Labute approximate surface area is 137 Å². The van der Waals surface area contributed by atoms with E-state index in [4.69, 9.17) is 5.11 Å². The Morgan fingerprint density at radius 3 is 2.30 bits per heavy atom. The number of carboxylic acids is 1. The second-order valence-corrected chi connectivity index (χ2v) is 5.99. The number of Topliss-reactive ketones (excluding diaryl/α,β-unsaturated/α-hetero) is 1. The van der Waals surface area contributed by atoms with Crippen molar-refractivity contribution >= 4 is 17.7 Å². The summed E-state index contributed by atoms with van der Waals surface area (Å²) in [5, 5.41) is 11.7. The molecule has 0 radical (unpaired) electrons. The van der Waals surface area contributed by atoms with Crippen LogP contribution in [-0.2, 0) is 9.59 Å². The predicted molar refractivity (Wildman–Crippen MR) is 88.5 cm³/mol. The SMILES string of the molecule is CCC(C)C(NC(=O)CCC(=O)c1ccc(C)c(C)c1)C(=O)O. The number of hydrogen-bond donors (Lipinski definition) is 2. The van der Waals surface area contributed by atoms with Crippen LogP contribution in [0.4, 0.5) is 0 Å². The van der Waals surface area contributed by atoms with Crippen molar-refractivity contribution in [3.05, 3.63) is 34.9 Å². The van der Waals surface area contributed by atoms with Crippen molar-refractivity contribution in [2.45, 2.75) is 53.0 Å². The highest BCUT2D eigenvalue weighted by Crippen LogP contribution is 2.13. The average Bonchev–Trinajstić information content (AvgIpc) is 2.51. The van der Waals surface area contributed by atoms with Crippen LogP contribution in [0.3, 0.4) is 0 Å². The lowest BCUT2D eigenvalue weighted by molar-refractivity contribution is -0.143. The predicted octanol–water partition coefficient (Wildman–Crippen LogP) is 2.88. The van der Waals surface area contributed by atoms with Gasteiger partial charge in [0.1, 0.15) is 6.04 Å². The van der Waals surface area contributed by atoms with Crippen molar-refractivity contribution in [2.24, 2.45) is 5.92 Å². The average molecular weight is 319 g/mol. The van der Waals surface area contributed by atoms with Crippen LogP contribution in [-0.4, -0.2) is 28.8 Å². The molecule has 0 aliphatic carbocycles. The maximum Gasteiger partial charge on any atom is 0.326 e. The molecule has 5 nitrogen and oxygen atoms in total. The van der Waals surface area contributed by atoms with Gasteiger partial charge in [0.25, 0.3) is 0 Å². The second-order valence-electron chi connectivity index (χ2n) is 5.99. The van der Waals surface area contributed by atoms with Gasteiger partial charge in [0.2, 0.25) is 5.91 Å². The van der Waals surface area contributed by atoms with Crippen molar-refractivity contribution in [2.75, 3.05) is 0 Å². The lowest BCUT2D eigenvalue weighted by Gasteiger charge is -2.20. The Bertz CT molecular complexity index is 595. The van der Waals surface area contributed by atoms with Gasteiger partial charge in [0.15, 0.2) is 5.78 Å². The van der Waals surface area contributed by atoms with Crippen LogP contribution in [0.1, 0.15) is 54.6 Å². The fourth-order valence-electron chi connectivity index (χ4n) is 2.21. The summed E-state index contributed by atoms with van der Waals surface area (Å²) in [5.41, 5.74) is 2.72. The van der Waals surface area contributed by atoms with Gasteiger partial charge in [0, 0.05) is 18.4 Å². The number of carbonyl (C=O) groups excluding carboxylic acids is 2. The number of benzene rings is 1. The topological polar surface area (TPSA) is 83.5 Å². The van der Waals surface area contributed by atoms with Crippen LogP contribution in [0, 0.1) is 19.8 Å². The van der Waals surface area contributed by atoms with Crippen molar-refractivity contribution in [3.8, 4) is 0 Å². The zero-order chi connectivity index (χ0) is 17.6. The van der Waals surface area contributed by atoms with Gasteiger partial charge in [-0.2, -0.15) is 0 Å². The number of ketones is 1. The number of carbonyl (C=O) groups is 3. The minimum absolute atomic E-state index is 0.00796. The van der Waals surface area contributed by atoms with E-state index in [0.717, 1.165) is 11.1 Å². The summed E-state index contributed by atoms with van der Waals surface area (Å²) in [7, 11) is 0. The zero-order valence-corrected chi connectivity index (χ0v) is 14.2. The Morgan fingerprint density at radius 1 is 1.13 bits per heavy atom. The van der Waals surface area contributed by atoms with E-state index < -0.39 is 17.9 Å². The summed E-state index contributed by atoms with van der Waals surface area (Å²) in [6.07, 6.45) is 0.714. The fourth-order valence-corrected chi connectivity index (χ4v) is 2.21. The van der Waals surface area contributed by atoms with E-state index in [1.54, 1.807) is 13.0 Å². The van der Waals surface area contributed by atoms with Gasteiger partial charge >= 0.3 is 5.97 Å². The molecule has 126 valence electrons. The van der Waals surface area contributed by atoms with E-state index in [2.05, 4.69) is 5.32 Å². The molecule has 0 saturated heterocycles. The number of hydrogen-bond acceptors (Lipinski definition) is 3. The third-order valence-corrected chi connectivity index (χ3v) is 4.20. The standard InChI is InChI=1S/C18H25NO4/c1-5-11(2)17(18(22)23)19-16(21)9-8-15(20)14-7-6-12(3)13(4)10-14/h6-7,10-11,17H,5,8-9H2,1-4H3,(H,19,21)(H,22,23). The van der Waals surface area contributed by atoms with E-state index >= 15 is 0 Å². The third kappa shape index (κ3) is 5.51. The summed E-state index contributed by atoms with van der Waals surface area (Å²) in [6, 6.07) is 4.53. The lowest BCUT2D eigenvalue weighted by Crippen LogP contribution is -2.45. The molecular formula is C18H25NO4. The first-order valence-corrected chi connectivity index (χ1v) is 7.88. The number of aryl methyl sites for hydroxylation is 2. The van der Waals surface area contributed by atoms with Crippen LogP contribution in [0.5, 0.6) is 0 Å². The molecule has 0 aromatic heterocycles. The Hall–Kier alpha value is -2.17. The van der Waals surface area contributed by atoms with Crippen molar-refractivity contribution in [3.63, 3.8) is 0 Å². The molecule has 2 unspecified atom stereocenters. The van der Waals surface area contributed by atoms with Crippen molar-refractivity contribution in [1.82, 2.24) is 5.32 Å². The van der Waals surface area contributed by atoms with Crippen LogP contribution >= 0.6 is 0 Å². The highest BCUT2D eigenvalue weighted by Gasteiger charge is 2.25. The summed E-state index contributed by atoms with van der Waals surface area (Å²) in [4.78, 5) is 35.2. The molecule has 0 fully saturated rings. The minimum atomic E-state index is -1.05. The third-order valence-electron chi connectivity index (χ3n) is 4.20. The molecule has 5 heteroatoms. The number of nitrogens with one attached hydrogen (secondary N) is 1. The maximum absolute atomic E-state index is 12.1. The summed E-state index contributed by atoms with van der Waals surface area (Å²) in [6.45, 7) is 7.55. The number of amides is 1. The van der Waals surface area contributed by atoms with E-state index in [1.165, 1.54) is 0 Å². The first-order chi connectivity index (χ1) is 10.8. The molecule has 0 heterocycles.